The molecule has 0 aromatic rings. The Balaban J connectivity index is 2.49. The molecule has 98 valence electrons. The lowest BCUT2D eigenvalue weighted by Gasteiger charge is -2.18. The number of hydrogen-bond acceptors (Lipinski definition) is 4. The van der Waals surface area contributed by atoms with Crippen LogP contribution in [0, 0.1) is 0 Å². The van der Waals surface area contributed by atoms with Gasteiger partial charge in [0.1, 0.15) is 0 Å². The highest BCUT2D eigenvalue weighted by atomic mass is 16.7. The van der Waals surface area contributed by atoms with Crippen molar-refractivity contribution in [3.63, 3.8) is 0 Å². The molecule has 0 bridgehead atoms. The molecule has 1 aliphatic heterocycles. The van der Waals surface area contributed by atoms with E-state index in [0.717, 1.165) is 38.5 Å². The Morgan fingerprint density at radius 3 is 1.88 bits per heavy atom. The first kappa shape index (κ1) is 14.0. The van der Waals surface area contributed by atoms with Crippen LogP contribution in [0.25, 0.3) is 0 Å². The molecule has 0 aromatic carbocycles. The molecule has 4 nitrogen and oxygen atoms in total. The zero-order valence-corrected chi connectivity index (χ0v) is 10.6. The lowest BCUT2D eigenvalue weighted by Crippen LogP contribution is -2.24. The largest absolute Gasteiger partial charge is 0.425 e. The molecule has 1 heterocycles. The standard InChI is InChI=1S/C13H22O4/c1-2-8-13-16-11(14)9-6-4-3-5-7-10-12(15)17-13/h13H,2-10H2,1H3. The second kappa shape index (κ2) is 8.09. The zero-order chi connectivity index (χ0) is 12.5. The van der Waals surface area contributed by atoms with E-state index in [-0.39, 0.29) is 11.9 Å². The summed E-state index contributed by atoms with van der Waals surface area (Å²) in [6.45, 7) is 1.97. The molecule has 1 rings (SSSR count). The Morgan fingerprint density at radius 1 is 0.941 bits per heavy atom. The van der Waals surface area contributed by atoms with Gasteiger partial charge in [0.25, 0.3) is 0 Å². The van der Waals surface area contributed by atoms with Gasteiger partial charge in [0, 0.05) is 19.3 Å². The molecule has 1 fully saturated rings. The highest BCUT2D eigenvalue weighted by Crippen LogP contribution is 2.14. The maximum Gasteiger partial charge on any atom is 0.308 e. The monoisotopic (exact) mass is 242 g/mol. The van der Waals surface area contributed by atoms with Crippen LogP contribution in [0.4, 0.5) is 0 Å². The van der Waals surface area contributed by atoms with Crippen molar-refractivity contribution in [1.29, 1.82) is 0 Å². The molecule has 0 unspecified atom stereocenters. The molecule has 0 aliphatic carbocycles. The number of ether oxygens (including phenoxy) is 2. The predicted molar refractivity (Wildman–Crippen MR) is 63.2 cm³/mol. The summed E-state index contributed by atoms with van der Waals surface area (Å²) in [4.78, 5) is 23.0. The third-order valence-corrected chi connectivity index (χ3v) is 2.81. The molecule has 0 amide bonds. The fourth-order valence-corrected chi connectivity index (χ4v) is 1.86. The fraction of sp³-hybridized carbons (Fsp3) is 0.846. The molecule has 0 spiro atoms. The number of rotatable bonds is 2. The summed E-state index contributed by atoms with van der Waals surface area (Å²) in [6.07, 6.45) is 6.44. The van der Waals surface area contributed by atoms with Crippen LogP contribution in [0.2, 0.25) is 0 Å². The summed E-state index contributed by atoms with van der Waals surface area (Å²) in [5.41, 5.74) is 0. The van der Waals surface area contributed by atoms with Crippen molar-refractivity contribution in [1.82, 2.24) is 0 Å². The van der Waals surface area contributed by atoms with Crippen LogP contribution in [0.3, 0.4) is 0 Å². The third-order valence-electron chi connectivity index (χ3n) is 2.81. The fourth-order valence-electron chi connectivity index (χ4n) is 1.86. The lowest BCUT2D eigenvalue weighted by molar-refractivity contribution is -0.189. The van der Waals surface area contributed by atoms with Crippen LogP contribution in [0.1, 0.15) is 64.7 Å². The van der Waals surface area contributed by atoms with E-state index in [1.165, 1.54) is 0 Å². The minimum Gasteiger partial charge on any atom is -0.425 e. The minimum absolute atomic E-state index is 0.253. The maximum absolute atomic E-state index is 11.5. The van der Waals surface area contributed by atoms with Crippen LogP contribution in [0.15, 0.2) is 0 Å². The molecule has 1 aliphatic rings. The summed E-state index contributed by atoms with van der Waals surface area (Å²) in [7, 11) is 0. The molecular weight excluding hydrogens is 220 g/mol. The van der Waals surface area contributed by atoms with Crippen LogP contribution in [-0.2, 0) is 19.1 Å². The highest BCUT2D eigenvalue weighted by Gasteiger charge is 2.18. The number of esters is 2. The Hall–Kier alpha value is -1.06. The van der Waals surface area contributed by atoms with Crippen LogP contribution in [-0.4, -0.2) is 18.2 Å². The SMILES string of the molecule is CCCC1OC(=O)CCCCCCCC(=O)O1. The molecular formula is C13H22O4. The zero-order valence-electron chi connectivity index (χ0n) is 10.6. The molecule has 0 radical (unpaired) electrons. The summed E-state index contributed by atoms with van der Waals surface area (Å²) in [5, 5.41) is 0. The third kappa shape index (κ3) is 6.29. The van der Waals surface area contributed by atoms with Crippen LogP contribution >= 0.6 is 0 Å². The highest BCUT2D eigenvalue weighted by molar-refractivity contribution is 5.71. The van der Waals surface area contributed by atoms with Crippen molar-refractivity contribution in [3.05, 3.63) is 0 Å². The van der Waals surface area contributed by atoms with Gasteiger partial charge in [-0.25, -0.2) is 0 Å². The number of carbonyl (C=O) groups excluding carboxylic acids is 2. The van der Waals surface area contributed by atoms with Gasteiger partial charge in [-0.3, -0.25) is 9.59 Å². The Labute approximate surface area is 103 Å². The molecule has 0 N–H and O–H groups in total. The smallest absolute Gasteiger partial charge is 0.308 e. The molecule has 4 heteroatoms. The van der Waals surface area contributed by atoms with Gasteiger partial charge >= 0.3 is 11.9 Å². The van der Waals surface area contributed by atoms with Crippen LogP contribution in [0.5, 0.6) is 0 Å². The van der Waals surface area contributed by atoms with E-state index in [2.05, 4.69) is 0 Å². The van der Waals surface area contributed by atoms with Crippen molar-refractivity contribution in [2.24, 2.45) is 0 Å². The van der Waals surface area contributed by atoms with Gasteiger partial charge in [0.15, 0.2) is 0 Å². The van der Waals surface area contributed by atoms with Crippen molar-refractivity contribution in [3.8, 4) is 0 Å². The van der Waals surface area contributed by atoms with Gasteiger partial charge in [0.2, 0.25) is 6.29 Å². The average Bonchev–Trinajstić information content (AvgIpc) is 2.26. The van der Waals surface area contributed by atoms with E-state index in [1.807, 2.05) is 6.92 Å². The Kier molecular flexibility index (Phi) is 6.67. The topological polar surface area (TPSA) is 52.6 Å². The van der Waals surface area contributed by atoms with Crippen molar-refractivity contribution in [2.75, 3.05) is 0 Å². The Morgan fingerprint density at radius 2 is 1.41 bits per heavy atom. The second-order valence-electron chi connectivity index (χ2n) is 4.47. The molecule has 0 aromatic heterocycles. The predicted octanol–water partition coefficient (Wildman–Crippen LogP) is 2.94. The number of carbonyl (C=O) groups is 2. The van der Waals surface area contributed by atoms with Gasteiger partial charge in [-0.05, 0) is 19.3 Å². The summed E-state index contributed by atoms with van der Waals surface area (Å²) in [5.74, 6) is -0.506. The van der Waals surface area contributed by atoms with Gasteiger partial charge in [0.05, 0.1) is 0 Å². The van der Waals surface area contributed by atoms with E-state index in [9.17, 15) is 9.59 Å². The van der Waals surface area contributed by atoms with Gasteiger partial charge < -0.3 is 9.47 Å². The minimum atomic E-state index is -0.681. The summed E-state index contributed by atoms with van der Waals surface area (Å²) in [6, 6.07) is 0. The van der Waals surface area contributed by atoms with Crippen molar-refractivity contribution in [2.45, 2.75) is 71.0 Å². The quantitative estimate of drug-likeness (QED) is 0.698. The second-order valence-corrected chi connectivity index (χ2v) is 4.47. The number of hydrogen-bond donors (Lipinski definition) is 0. The number of cyclic esters (lactones) is 2. The molecule has 1 saturated heterocycles. The normalized spacial score (nSPS) is 21.0. The van der Waals surface area contributed by atoms with E-state index in [4.69, 9.17) is 9.47 Å². The van der Waals surface area contributed by atoms with Crippen LogP contribution < -0.4 is 0 Å². The average molecular weight is 242 g/mol. The van der Waals surface area contributed by atoms with E-state index in [1.54, 1.807) is 0 Å². The lowest BCUT2D eigenvalue weighted by atomic mass is 10.1. The van der Waals surface area contributed by atoms with Gasteiger partial charge in [-0.1, -0.05) is 26.2 Å². The Bertz CT molecular complexity index is 228. The van der Waals surface area contributed by atoms with E-state index < -0.39 is 6.29 Å². The first-order chi connectivity index (χ1) is 8.22. The first-order valence-electron chi connectivity index (χ1n) is 6.61. The molecule has 0 atom stereocenters. The van der Waals surface area contributed by atoms with E-state index in [0.29, 0.717) is 19.3 Å². The molecule has 0 saturated carbocycles. The summed E-state index contributed by atoms with van der Waals surface area (Å²) >= 11 is 0. The van der Waals surface area contributed by atoms with Gasteiger partial charge in [-0.2, -0.15) is 0 Å². The van der Waals surface area contributed by atoms with E-state index >= 15 is 0 Å². The maximum atomic E-state index is 11.5. The van der Waals surface area contributed by atoms with Gasteiger partial charge in [-0.15, -0.1) is 0 Å². The van der Waals surface area contributed by atoms with Crippen molar-refractivity contribution < 1.29 is 19.1 Å². The van der Waals surface area contributed by atoms with Crippen molar-refractivity contribution >= 4 is 11.9 Å². The first-order valence-corrected chi connectivity index (χ1v) is 6.61. The summed E-state index contributed by atoms with van der Waals surface area (Å²) < 4.78 is 10.3. The molecule has 17 heavy (non-hydrogen) atoms.